The van der Waals surface area contributed by atoms with E-state index in [0.717, 1.165) is 19.3 Å². The molecule has 0 atom stereocenters. The van der Waals surface area contributed by atoms with Crippen LogP contribution < -0.4 is 0 Å². The quantitative estimate of drug-likeness (QED) is 0.293. The highest BCUT2D eigenvalue weighted by atomic mass is 16.5. The zero-order valence-electron chi connectivity index (χ0n) is 17.9. The maximum absolute atomic E-state index is 12.4. The molecule has 0 bridgehead atoms. The fourth-order valence-corrected chi connectivity index (χ4v) is 3.47. The third kappa shape index (κ3) is 7.15. The second-order valence-corrected chi connectivity index (χ2v) is 8.48. The summed E-state index contributed by atoms with van der Waals surface area (Å²) in [5.41, 5.74) is 0.757. The predicted molar refractivity (Wildman–Crippen MR) is 116 cm³/mol. The molecule has 0 spiro atoms. The van der Waals surface area contributed by atoms with Gasteiger partial charge in [-0.15, -0.1) is 0 Å². The number of hydrogen-bond acceptors (Lipinski definition) is 5. The predicted octanol–water partition coefficient (Wildman–Crippen LogP) is 6.11. The van der Waals surface area contributed by atoms with E-state index in [1.54, 1.807) is 24.3 Å². The van der Waals surface area contributed by atoms with Crippen LogP contribution >= 0.6 is 0 Å². The molecule has 0 aromatic heterocycles. The van der Waals surface area contributed by atoms with Crippen LogP contribution in [0.2, 0.25) is 0 Å². The minimum absolute atomic E-state index is 0.0538. The molecule has 1 N–H and O–H groups in total. The number of carbonyl (C=O) groups is 2. The Labute approximate surface area is 173 Å². The van der Waals surface area contributed by atoms with Crippen molar-refractivity contribution in [3.8, 4) is 0 Å². The first-order valence-corrected chi connectivity index (χ1v) is 10.6. The summed E-state index contributed by atoms with van der Waals surface area (Å²) in [5.74, 6) is -0.496. The second kappa shape index (κ2) is 10.9. The molecule has 1 aromatic rings. The highest BCUT2D eigenvalue weighted by Gasteiger charge is 2.32. The van der Waals surface area contributed by atoms with Crippen LogP contribution in [0.4, 0.5) is 5.69 Å². The smallest absolute Gasteiger partial charge is 0.340 e. The van der Waals surface area contributed by atoms with Crippen LogP contribution in [0.1, 0.15) is 82.5 Å². The topological polar surface area (TPSA) is 76.0 Å². The molecule has 1 aromatic carbocycles. The number of para-hydroxylation sites is 1. The van der Waals surface area contributed by atoms with Gasteiger partial charge in [-0.2, -0.15) is 0 Å². The number of benzene rings is 1. The summed E-state index contributed by atoms with van der Waals surface area (Å²) in [6, 6.07) is 6.89. The normalized spacial score (nSPS) is 16.4. The van der Waals surface area contributed by atoms with Crippen molar-refractivity contribution in [2.75, 3.05) is 6.61 Å². The third-order valence-corrected chi connectivity index (χ3v) is 5.08. The Morgan fingerprint density at radius 3 is 2.55 bits per heavy atom. The van der Waals surface area contributed by atoms with E-state index in [-0.39, 0.29) is 22.5 Å². The van der Waals surface area contributed by atoms with Crippen LogP contribution in [0.3, 0.4) is 0 Å². The summed E-state index contributed by atoms with van der Waals surface area (Å²) in [4.78, 5) is 29.1. The Balaban J connectivity index is 1.99. The first-order valence-electron chi connectivity index (χ1n) is 10.6. The van der Waals surface area contributed by atoms with Gasteiger partial charge in [-0.3, -0.25) is 9.79 Å². The standard InChI is InChI=1S/C24H33NO4/c1-4-5-6-7-8-11-14-29-23(28)18-12-9-10-13-20(18)25-17-19-21(26)15-24(2,3)16-22(19)27/h9-10,12-13,17,26H,4-8,11,14-16H2,1-3H3. The number of nitrogens with zero attached hydrogens (tertiary/aromatic N) is 1. The van der Waals surface area contributed by atoms with E-state index in [9.17, 15) is 14.7 Å². The van der Waals surface area contributed by atoms with E-state index in [1.807, 2.05) is 13.8 Å². The molecule has 0 amide bonds. The summed E-state index contributed by atoms with van der Waals surface area (Å²) in [7, 11) is 0. The number of ketones is 1. The molecule has 1 aliphatic rings. The van der Waals surface area contributed by atoms with Crippen LogP contribution in [0, 0.1) is 5.41 Å². The number of hydrogen-bond donors (Lipinski definition) is 1. The number of rotatable bonds is 10. The fourth-order valence-electron chi connectivity index (χ4n) is 3.47. The molecule has 0 radical (unpaired) electrons. The number of ether oxygens (including phenoxy) is 1. The summed E-state index contributed by atoms with van der Waals surface area (Å²) in [6.45, 7) is 6.47. The van der Waals surface area contributed by atoms with Crippen LogP contribution in [0.15, 0.2) is 40.6 Å². The molecule has 0 fully saturated rings. The second-order valence-electron chi connectivity index (χ2n) is 8.48. The van der Waals surface area contributed by atoms with Crippen molar-refractivity contribution in [1.82, 2.24) is 0 Å². The molecule has 0 heterocycles. The van der Waals surface area contributed by atoms with Gasteiger partial charge in [0.1, 0.15) is 5.76 Å². The van der Waals surface area contributed by atoms with E-state index < -0.39 is 5.97 Å². The van der Waals surface area contributed by atoms with Crippen molar-refractivity contribution in [3.05, 3.63) is 41.2 Å². The highest BCUT2D eigenvalue weighted by Crippen LogP contribution is 2.35. The number of esters is 1. The van der Waals surface area contributed by atoms with Gasteiger partial charge < -0.3 is 9.84 Å². The van der Waals surface area contributed by atoms with Gasteiger partial charge in [-0.1, -0.05) is 65.0 Å². The van der Waals surface area contributed by atoms with Gasteiger partial charge in [0.05, 0.1) is 23.4 Å². The summed E-state index contributed by atoms with van der Waals surface area (Å²) >= 11 is 0. The average Bonchev–Trinajstić information content (AvgIpc) is 2.66. The molecule has 0 unspecified atom stereocenters. The first kappa shape index (κ1) is 22.9. The maximum Gasteiger partial charge on any atom is 0.340 e. The van der Waals surface area contributed by atoms with Gasteiger partial charge in [0.2, 0.25) is 0 Å². The van der Waals surface area contributed by atoms with E-state index >= 15 is 0 Å². The molecule has 5 heteroatoms. The Bertz CT molecular complexity index is 777. The minimum atomic E-state index is -0.416. The fraction of sp³-hybridized carbons (Fsp3) is 0.542. The lowest BCUT2D eigenvalue weighted by Gasteiger charge is -2.28. The summed E-state index contributed by atoms with van der Waals surface area (Å²) < 4.78 is 5.40. The van der Waals surface area contributed by atoms with Crippen molar-refractivity contribution in [2.45, 2.75) is 72.1 Å². The lowest BCUT2D eigenvalue weighted by atomic mass is 9.77. The molecule has 0 saturated carbocycles. The number of aliphatic hydroxyl groups excluding tert-OH is 1. The van der Waals surface area contributed by atoms with Crippen molar-refractivity contribution in [2.24, 2.45) is 10.4 Å². The van der Waals surface area contributed by atoms with E-state index in [2.05, 4.69) is 11.9 Å². The molecule has 158 valence electrons. The number of aliphatic hydroxyl groups is 1. The number of carbonyl (C=O) groups excluding carboxylic acids is 2. The monoisotopic (exact) mass is 399 g/mol. The lowest BCUT2D eigenvalue weighted by Crippen LogP contribution is -2.26. The van der Waals surface area contributed by atoms with E-state index in [1.165, 1.54) is 25.5 Å². The molecule has 5 nitrogen and oxygen atoms in total. The number of allylic oxidation sites excluding steroid dienone is 2. The Morgan fingerprint density at radius 2 is 1.83 bits per heavy atom. The van der Waals surface area contributed by atoms with Gasteiger partial charge in [0.15, 0.2) is 5.78 Å². The molecule has 2 rings (SSSR count). The number of aliphatic imine (C=N–C) groups is 1. The maximum atomic E-state index is 12.4. The minimum Gasteiger partial charge on any atom is -0.511 e. The van der Waals surface area contributed by atoms with Crippen LogP contribution in [-0.2, 0) is 9.53 Å². The molecule has 29 heavy (non-hydrogen) atoms. The Hall–Kier alpha value is -2.43. The van der Waals surface area contributed by atoms with Crippen molar-refractivity contribution in [1.29, 1.82) is 0 Å². The first-order chi connectivity index (χ1) is 13.8. The Kier molecular flexibility index (Phi) is 8.62. The highest BCUT2D eigenvalue weighted by molar-refractivity contribution is 6.15. The van der Waals surface area contributed by atoms with Gasteiger partial charge in [-0.05, 0) is 24.0 Å². The van der Waals surface area contributed by atoms with Gasteiger partial charge in [0, 0.05) is 19.1 Å². The van der Waals surface area contributed by atoms with Crippen molar-refractivity contribution in [3.63, 3.8) is 0 Å². The zero-order chi connectivity index (χ0) is 21.3. The lowest BCUT2D eigenvalue weighted by molar-refractivity contribution is -0.117. The number of Topliss-reactive ketones (excluding diaryl/α,β-unsaturated/α-hetero) is 1. The largest absolute Gasteiger partial charge is 0.511 e. The average molecular weight is 400 g/mol. The van der Waals surface area contributed by atoms with Gasteiger partial charge in [-0.25, -0.2) is 4.79 Å². The SMILES string of the molecule is CCCCCCCCOC(=O)c1ccccc1N=CC1=C(O)CC(C)(C)CC1=O. The van der Waals surface area contributed by atoms with Gasteiger partial charge >= 0.3 is 5.97 Å². The van der Waals surface area contributed by atoms with Crippen molar-refractivity contribution >= 4 is 23.7 Å². The summed E-state index contributed by atoms with van der Waals surface area (Å²) in [6.07, 6.45) is 8.91. The van der Waals surface area contributed by atoms with E-state index in [4.69, 9.17) is 4.74 Å². The van der Waals surface area contributed by atoms with Crippen LogP contribution in [0.25, 0.3) is 0 Å². The molecule has 1 aliphatic carbocycles. The zero-order valence-corrected chi connectivity index (χ0v) is 17.9. The van der Waals surface area contributed by atoms with Crippen LogP contribution in [-0.4, -0.2) is 29.7 Å². The van der Waals surface area contributed by atoms with E-state index in [0.29, 0.717) is 30.7 Å². The molecular weight excluding hydrogens is 366 g/mol. The van der Waals surface area contributed by atoms with Gasteiger partial charge in [0.25, 0.3) is 0 Å². The molecular formula is C24H33NO4. The third-order valence-electron chi connectivity index (χ3n) is 5.08. The molecule has 0 saturated heterocycles. The summed E-state index contributed by atoms with van der Waals surface area (Å²) in [5, 5.41) is 10.2. The molecule has 0 aliphatic heterocycles. The Morgan fingerprint density at radius 1 is 1.14 bits per heavy atom. The van der Waals surface area contributed by atoms with Crippen LogP contribution in [0.5, 0.6) is 0 Å². The van der Waals surface area contributed by atoms with Crippen molar-refractivity contribution < 1.29 is 19.4 Å². The number of unbranched alkanes of at least 4 members (excludes halogenated alkanes) is 5.